The molecule has 1 aromatic carbocycles. The third kappa shape index (κ3) is 7.36. The largest absolute Gasteiger partial charge is 0.347 e. The van der Waals surface area contributed by atoms with Crippen LogP contribution in [0.25, 0.3) is 10.9 Å². The van der Waals surface area contributed by atoms with Gasteiger partial charge in [0.2, 0.25) is 0 Å². The van der Waals surface area contributed by atoms with Gasteiger partial charge in [-0.2, -0.15) is 0 Å². The molecule has 0 atom stereocenters. The molecule has 2 rings (SSSR count). The number of para-hydroxylation sites is 1. The van der Waals surface area contributed by atoms with E-state index in [1.165, 1.54) is 64.2 Å². The van der Waals surface area contributed by atoms with Crippen LogP contribution >= 0.6 is 0 Å². The van der Waals surface area contributed by atoms with Crippen molar-refractivity contribution in [1.82, 2.24) is 4.57 Å². The molecule has 0 amide bonds. The van der Waals surface area contributed by atoms with Crippen molar-refractivity contribution >= 4 is 10.9 Å². The molecule has 0 bridgehead atoms. The van der Waals surface area contributed by atoms with Gasteiger partial charge in [0.1, 0.15) is 0 Å². The monoisotopic (exact) mass is 367 g/mol. The molecule has 0 saturated carbocycles. The summed E-state index contributed by atoms with van der Waals surface area (Å²) in [6, 6.07) is 9.71. The lowest BCUT2D eigenvalue weighted by atomic mass is 10.1. The number of aryl methyl sites for hydroxylation is 2. The molecule has 2 heteroatoms. The average Bonchev–Trinajstić information content (AvgIpc) is 2.69. The Morgan fingerprint density at radius 2 is 1.48 bits per heavy atom. The molecular formula is C25H37NO. The van der Waals surface area contributed by atoms with E-state index in [2.05, 4.69) is 30.7 Å². The van der Waals surface area contributed by atoms with Crippen molar-refractivity contribution in [2.45, 2.75) is 84.0 Å². The minimum Gasteiger partial charge on any atom is -0.347 e. The maximum atomic E-state index is 12.3. The first kappa shape index (κ1) is 21.5. The number of hydrogen-bond acceptors (Lipinski definition) is 1. The second kappa shape index (κ2) is 12.5. The number of allylic oxidation sites excluding steroid dienone is 2. The Morgan fingerprint density at radius 1 is 0.852 bits per heavy atom. The smallest absolute Gasteiger partial charge is 0.189 e. The molecule has 148 valence electrons. The zero-order valence-corrected chi connectivity index (χ0v) is 17.4. The third-order valence-corrected chi connectivity index (χ3v) is 5.45. The number of nitrogens with zero attached hydrogens (tertiary/aromatic N) is 1. The van der Waals surface area contributed by atoms with E-state index in [1.807, 2.05) is 30.3 Å². The van der Waals surface area contributed by atoms with Crippen molar-refractivity contribution in [3.63, 3.8) is 0 Å². The first-order valence-corrected chi connectivity index (χ1v) is 11.0. The van der Waals surface area contributed by atoms with E-state index in [9.17, 15) is 4.79 Å². The summed E-state index contributed by atoms with van der Waals surface area (Å²) in [7, 11) is 2.07. The molecule has 0 unspecified atom stereocenters. The van der Waals surface area contributed by atoms with E-state index < -0.39 is 0 Å². The van der Waals surface area contributed by atoms with Gasteiger partial charge in [-0.25, -0.2) is 0 Å². The quantitative estimate of drug-likeness (QED) is 0.277. The number of hydrogen-bond donors (Lipinski definition) is 0. The van der Waals surface area contributed by atoms with Crippen LogP contribution in [-0.4, -0.2) is 4.57 Å². The van der Waals surface area contributed by atoms with Crippen LogP contribution in [0.3, 0.4) is 0 Å². The van der Waals surface area contributed by atoms with Gasteiger partial charge in [-0.3, -0.25) is 4.79 Å². The Labute approximate surface area is 165 Å². The predicted octanol–water partition coefficient (Wildman–Crippen LogP) is 6.95. The normalized spacial score (nSPS) is 11.6. The van der Waals surface area contributed by atoms with E-state index in [4.69, 9.17) is 0 Å². The molecular weight excluding hydrogens is 330 g/mol. The van der Waals surface area contributed by atoms with Crippen molar-refractivity contribution in [3.8, 4) is 0 Å². The van der Waals surface area contributed by atoms with Crippen LogP contribution in [-0.2, 0) is 13.5 Å². The van der Waals surface area contributed by atoms with Crippen LogP contribution in [0.5, 0.6) is 0 Å². The molecule has 0 spiro atoms. The average molecular weight is 368 g/mol. The summed E-state index contributed by atoms with van der Waals surface area (Å²) >= 11 is 0. The van der Waals surface area contributed by atoms with E-state index in [0.717, 1.165) is 29.4 Å². The van der Waals surface area contributed by atoms with Crippen LogP contribution in [0.1, 0.15) is 83.2 Å². The maximum absolute atomic E-state index is 12.3. The third-order valence-electron chi connectivity index (χ3n) is 5.45. The number of unbranched alkanes of at least 4 members (excludes halogenated alkanes) is 9. The van der Waals surface area contributed by atoms with Gasteiger partial charge in [-0.15, -0.1) is 0 Å². The second-order valence-electron chi connectivity index (χ2n) is 7.70. The molecule has 0 aliphatic carbocycles. The highest BCUT2D eigenvalue weighted by Gasteiger charge is 2.05. The van der Waals surface area contributed by atoms with Crippen molar-refractivity contribution in [3.05, 3.63) is 58.4 Å². The number of pyridine rings is 1. The van der Waals surface area contributed by atoms with Crippen molar-refractivity contribution < 1.29 is 0 Å². The highest BCUT2D eigenvalue weighted by atomic mass is 16.1. The molecule has 0 radical (unpaired) electrons. The second-order valence-corrected chi connectivity index (χ2v) is 7.70. The lowest BCUT2D eigenvalue weighted by Crippen LogP contribution is -2.11. The Morgan fingerprint density at radius 3 is 2.22 bits per heavy atom. The number of rotatable bonds is 13. The predicted molar refractivity (Wildman–Crippen MR) is 118 cm³/mol. The van der Waals surface area contributed by atoms with Gasteiger partial charge in [-0.1, -0.05) is 69.7 Å². The minimum absolute atomic E-state index is 0.149. The standard InChI is InChI=1S/C25H37NO/c1-3-4-5-6-7-8-9-10-11-12-13-14-15-18-22-21-25(27)23-19-16-17-20-24(23)26(22)2/h10-11,16-17,19-21H,3-9,12-15,18H2,1-2H3/b11-10-. The molecule has 2 nitrogen and oxygen atoms in total. The number of fused-ring (bicyclic) bond motifs is 1. The molecule has 0 fully saturated rings. The summed E-state index contributed by atoms with van der Waals surface area (Å²) in [6.07, 6.45) is 20.0. The first-order chi connectivity index (χ1) is 13.2. The molecule has 1 aromatic heterocycles. The number of aromatic nitrogens is 1. The molecule has 0 aliphatic rings. The van der Waals surface area contributed by atoms with Gasteiger partial charge in [0.25, 0.3) is 0 Å². The fraction of sp³-hybridized carbons (Fsp3) is 0.560. The lowest BCUT2D eigenvalue weighted by Gasteiger charge is -2.12. The van der Waals surface area contributed by atoms with Gasteiger partial charge in [0.05, 0.1) is 5.52 Å². The van der Waals surface area contributed by atoms with Gasteiger partial charge in [0.15, 0.2) is 5.43 Å². The van der Waals surface area contributed by atoms with Crippen LogP contribution in [0, 0.1) is 0 Å². The van der Waals surface area contributed by atoms with Gasteiger partial charge in [0, 0.05) is 24.2 Å². The Kier molecular flexibility index (Phi) is 9.97. The van der Waals surface area contributed by atoms with E-state index in [1.54, 1.807) is 0 Å². The first-order valence-electron chi connectivity index (χ1n) is 11.0. The fourth-order valence-electron chi connectivity index (χ4n) is 3.72. The molecule has 0 aliphatic heterocycles. The topological polar surface area (TPSA) is 22.0 Å². The highest BCUT2D eigenvalue weighted by Crippen LogP contribution is 2.14. The van der Waals surface area contributed by atoms with Gasteiger partial charge in [-0.05, 0) is 50.7 Å². The van der Waals surface area contributed by atoms with E-state index in [-0.39, 0.29) is 5.43 Å². The van der Waals surface area contributed by atoms with Crippen LogP contribution in [0.15, 0.2) is 47.3 Å². The summed E-state index contributed by atoms with van der Waals surface area (Å²) in [5.74, 6) is 0. The van der Waals surface area contributed by atoms with Crippen molar-refractivity contribution in [2.75, 3.05) is 0 Å². The van der Waals surface area contributed by atoms with E-state index >= 15 is 0 Å². The van der Waals surface area contributed by atoms with Gasteiger partial charge >= 0.3 is 0 Å². The molecule has 2 aromatic rings. The van der Waals surface area contributed by atoms with Crippen molar-refractivity contribution in [1.29, 1.82) is 0 Å². The highest BCUT2D eigenvalue weighted by molar-refractivity contribution is 5.79. The molecule has 0 saturated heterocycles. The Hall–Kier alpha value is -1.83. The van der Waals surface area contributed by atoms with E-state index in [0.29, 0.717) is 0 Å². The van der Waals surface area contributed by atoms with Crippen LogP contribution < -0.4 is 5.43 Å². The van der Waals surface area contributed by atoms with Crippen molar-refractivity contribution in [2.24, 2.45) is 7.05 Å². The fourth-order valence-corrected chi connectivity index (χ4v) is 3.72. The Balaban J connectivity index is 1.61. The maximum Gasteiger partial charge on any atom is 0.189 e. The number of benzene rings is 1. The summed E-state index contributed by atoms with van der Waals surface area (Å²) < 4.78 is 2.18. The molecule has 27 heavy (non-hydrogen) atoms. The lowest BCUT2D eigenvalue weighted by molar-refractivity contribution is 0.610. The van der Waals surface area contributed by atoms with Gasteiger partial charge < -0.3 is 4.57 Å². The minimum atomic E-state index is 0.149. The zero-order chi connectivity index (χ0) is 19.3. The Bertz CT molecular complexity index is 756. The molecule has 1 heterocycles. The molecule has 0 N–H and O–H groups in total. The summed E-state index contributed by atoms with van der Waals surface area (Å²) in [6.45, 7) is 2.27. The SMILES string of the molecule is CCCCCCCC/C=C\CCCCCc1cc(=O)c2ccccc2n1C. The zero-order valence-electron chi connectivity index (χ0n) is 17.4. The van der Waals surface area contributed by atoms with Crippen LogP contribution in [0.2, 0.25) is 0 Å². The summed E-state index contributed by atoms with van der Waals surface area (Å²) in [4.78, 5) is 12.3. The summed E-state index contributed by atoms with van der Waals surface area (Å²) in [5.41, 5.74) is 2.34. The van der Waals surface area contributed by atoms with Crippen LogP contribution in [0.4, 0.5) is 0 Å². The summed E-state index contributed by atoms with van der Waals surface area (Å²) in [5, 5.41) is 0.819.